The van der Waals surface area contributed by atoms with Gasteiger partial charge in [-0.3, -0.25) is 18.4 Å². The number of nitrogens with zero attached hydrogens (tertiary/aromatic N) is 2. The van der Waals surface area contributed by atoms with Crippen LogP contribution in [0.2, 0.25) is 0 Å². The summed E-state index contributed by atoms with van der Waals surface area (Å²) < 4.78 is 38.9. The minimum Gasteiger partial charge on any atom is -0.760 e. The number of rotatable bonds is 14. The van der Waals surface area contributed by atoms with Crippen LogP contribution in [0.15, 0.2) is 30.6 Å². The Morgan fingerprint density at radius 3 is 2.72 bits per heavy atom. The van der Waals surface area contributed by atoms with Crippen molar-refractivity contribution >= 4 is 23.2 Å². The second kappa shape index (κ2) is 14.5. The third kappa shape index (κ3) is 8.71. The van der Waals surface area contributed by atoms with Crippen LogP contribution in [0.3, 0.4) is 0 Å². The van der Waals surface area contributed by atoms with Crippen molar-refractivity contribution in [3.8, 4) is 0 Å². The van der Waals surface area contributed by atoms with Crippen LogP contribution in [0, 0.1) is 0 Å². The summed E-state index contributed by atoms with van der Waals surface area (Å²) >= 11 is -2.34. The number of aromatic nitrogens is 1. The number of carbonyl (C=O) groups is 1. The molecule has 2 atom stereocenters. The number of pyridine rings is 1. The highest BCUT2D eigenvalue weighted by molar-refractivity contribution is 7.76. The zero-order chi connectivity index (χ0) is 23.2. The molecule has 2 unspecified atom stereocenters. The predicted molar refractivity (Wildman–Crippen MR) is 126 cm³/mol. The summed E-state index contributed by atoms with van der Waals surface area (Å²) in [5.41, 5.74) is 0.332. The van der Waals surface area contributed by atoms with Crippen molar-refractivity contribution in [1.82, 2.24) is 14.6 Å². The highest BCUT2D eigenvalue weighted by Crippen LogP contribution is 2.39. The number of hydrogen-bond donors (Lipinski definition) is 1. The van der Waals surface area contributed by atoms with Crippen molar-refractivity contribution in [3.05, 3.63) is 36.2 Å². The van der Waals surface area contributed by atoms with Crippen LogP contribution >= 0.6 is 0 Å². The van der Waals surface area contributed by atoms with E-state index in [9.17, 15) is 17.9 Å². The lowest BCUT2D eigenvalue weighted by Crippen LogP contribution is -2.54. The van der Waals surface area contributed by atoms with E-state index in [1.807, 2.05) is 19.1 Å². The van der Waals surface area contributed by atoms with Gasteiger partial charge in [-0.25, -0.2) is 4.31 Å². The minimum atomic E-state index is -2.34. The Labute approximate surface area is 194 Å². The van der Waals surface area contributed by atoms with Gasteiger partial charge in [0.2, 0.25) is 5.91 Å². The monoisotopic (exact) mass is 466 g/mol. The molecule has 1 saturated carbocycles. The second-order valence-electron chi connectivity index (χ2n) is 8.73. The molecule has 0 saturated heterocycles. The number of amides is 1. The topological polar surface area (TPSA) is 85.4 Å². The molecule has 1 aliphatic carbocycles. The molecule has 0 bridgehead atoms. The van der Waals surface area contributed by atoms with Gasteiger partial charge in [-0.2, -0.15) is 0 Å². The van der Waals surface area contributed by atoms with Crippen molar-refractivity contribution < 1.29 is 17.9 Å². The maximum absolute atomic E-state index is 13.3. The van der Waals surface area contributed by atoms with Crippen LogP contribution in [-0.2, 0) is 16.1 Å². The van der Waals surface area contributed by atoms with Gasteiger partial charge < -0.3 is 9.87 Å². The van der Waals surface area contributed by atoms with Crippen LogP contribution in [-0.4, -0.2) is 48.8 Å². The smallest absolute Gasteiger partial charge is 0.243 e. The number of alkyl halides is 1. The van der Waals surface area contributed by atoms with Crippen molar-refractivity contribution in [2.45, 2.75) is 89.1 Å². The van der Waals surface area contributed by atoms with E-state index in [1.165, 1.54) is 6.08 Å². The number of halogens is 1. The van der Waals surface area contributed by atoms with Crippen LogP contribution in [0.4, 0.5) is 4.39 Å². The Bertz CT molecular complexity index is 721. The average molecular weight is 467 g/mol. The summed E-state index contributed by atoms with van der Waals surface area (Å²) in [5.74, 6) is -0.123. The van der Waals surface area contributed by atoms with Crippen LogP contribution in [0.1, 0.15) is 83.1 Å². The fourth-order valence-corrected chi connectivity index (χ4v) is 5.68. The Kier molecular flexibility index (Phi) is 12.1. The molecule has 1 aromatic heterocycles. The van der Waals surface area contributed by atoms with Crippen molar-refractivity contribution in [2.24, 2.45) is 0 Å². The van der Waals surface area contributed by atoms with Crippen molar-refractivity contribution in [3.63, 3.8) is 0 Å². The van der Waals surface area contributed by atoms with Gasteiger partial charge in [-0.15, -0.1) is 0 Å². The lowest BCUT2D eigenvalue weighted by atomic mass is 9.78. The average Bonchev–Trinajstić information content (AvgIpc) is 2.78. The van der Waals surface area contributed by atoms with Gasteiger partial charge >= 0.3 is 0 Å². The molecule has 1 amide bonds. The van der Waals surface area contributed by atoms with Gasteiger partial charge in [-0.1, -0.05) is 44.6 Å². The zero-order valence-electron chi connectivity index (χ0n) is 19.1. The van der Waals surface area contributed by atoms with E-state index in [2.05, 4.69) is 10.3 Å². The maximum atomic E-state index is 13.3. The molecular weight excluding hydrogens is 429 g/mol. The van der Waals surface area contributed by atoms with Gasteiger partial charge in [0.15, 0.2) is 0 Å². The summed E-state index contributed by atoms with van der Waals surface area (Å²) in [4.78, 5) is 15.9. The quantitative estimate of drug-likeness (QED) is 0.244. The van der Waals surface area contributed by atoms with Gasteiger partial charge in [0.05, 0.1) is 6.67 Å². The van der Waals surface area contributed by atoms with Crippen LogP contribution in [0.5, 0.6) is 0 Å². The van der Waals surface area contributed by atoms with Gasteiger partial charge in [0.25, 0.3) is 0 Å². The molecule has 1 N–H and O–H groups in total. The number of nitrogens with one attached hydrogen (secondary N) is 1. The van der Waals surface area contributed by atoms with Crippen molar-refractivity contribution in [1.29, 1.82) is 0 Å². The number of unbranched alkanes of at least 4 members (excludes halogenated alkanes) is 3. The summed E-state index contributed by atoms with van der Waals surface area (Å²) in [5, 5.41) is 2.88. The molecule has 0 radical (unpaired) electrons. The van der Waals surface area contributed by atoms with E-state index in [0.717, 1.165) is 69.8 Å². The molecule has 0 spiro atoms. The predicted octanol–water partition coefficient (Wildman–Crippen LogP) is 4.71. The van der Waals surface area contributed by atoms with E-state index in [4.69, 9.17) is 0 Å². The highest BCUT2D eigenvalue weighted by atomic mass is 32.2. The minimum absolute atomic E-state index is 0.123. The third-order valence-corrected chi connectivity index (χ3v) is 7.40. The lowest BCUT2D eigenvalue weighted by Gasteiger charge is -2.49. The Balaban J connectivity index is 1.67. The van der Waals surface area contributed by atoms with Gasteiger partial charge in [0, 0.05) is 47.9 Å². The normalized spacial score (nSPS) is 18.0. The van der Waals surface area contributed by atoms with Crippen molar-refractivity contribution in [2.75, 3.05) is 13.2 Å². The van der Waals surface area contributed by atoms with Crippen LogP contribution < -0.4 is 5.32 Å². The molecule has 6 nitrogen and oxygen atoms in total. The second-order valence-corrected chi connectivity index (χ2v) is 9.56. The summed E-state index contributed by atoms with van der Waals surface area (Å²) in [6, 6.07) is 3.58. The van der Waals surface area contributed by atoms with Crippen LogP contribution in [0.25, 0.3) is 6.08 Å². The van der Waals surface area contributed by atoms with E-state index >= 15 is 0 Å². The molecule has 0 aromatic carbocycles. The lowest BCUT2D eigenvalue weighted by molar-refractivity contribution is -0.116. The maximum Gasteiger partial charge on any atom is 0.243 e. The Morgan fingerprint density at radius 1 is 1.31 bits per heavy atom. The molecule has 1 aliphatic rings. The molecule has 32 heavy (non-hydrogen) atoms. The fourth-order valence-electron chi connectivity index (χ4n) is 4.69. The Morgan fingerprint density at radius 2 is 2.06 bits per heavy atom. The largest absolute Gasteiger partial charge is 0.760 e. The molecule has 180 valence electrons. The molecule has 1 aromatic rings. The summed E-state index contributed by atoms with van der Waals surface area (Å²) in [6.07, 6.45) is 15.9. The third-order valence-electron chi connectivity index (χ3n) is 6.33. The molecule has 8 heteroatoms. The molecule has 0 aliphatic heterocycles. The Hall–Kier alpha value is -1.64. The summed E-state index contributed by atoms with van der Waals surface area (Å²) in [6.45, 7) is 2.07. The first kappa shape index (κ1) is 26.6. The first-order valence-corrected chi connectivity index (χ1v) is 12.8. The fraction of sp³-hybridized carbons (Fsp3) is 0.667. The zero-order valence-corrected chi connectivity index (χ0v) is 20.0. The summed E-state index contributed by atoms with van der Waals surface area (Å²) in [7, 11) is 0. The van der Waals surface area contributed by atoms with Gasteiger partial charge in [0.1, 0.15) is 0 Å². The molecular formula is C24H37FN3O3S-. The van der Waals surface area contributed by atoms with E-state index < -0.39 is 23.5 Å². The van der Waals surface area contributed by atoms with E-state index in [1.54, 1.807) is 22.8 Å². The number of carbonyl (C=O) groups excluding carboxylic acids is 1. The van der Waals surface area contributed by atoms with E-state index in [0.29, 0.717) is 13.0 Å². The van der Waals surface area contributed by atoms with Gasteiger partial charge in [-0.05, 0) is 56.7 Å². The standard InChI is InChI=1S/C24H38FN3O3S/c1-21(28(32(30)31)24(16-17-25)14-6-4-7-15-24)10-5-2-3-8-19-27-23(29)13-12-22-11-9-18-26-20-22/h9,11-13,18,20-21H,2-8,10,14-17,19H2,1H3,(H,27,29)(H,30,31)/p-1/b13-12+. The first-order chi connectivity index (χ1) is 15.5. The SMILES string of the molecule is CC(CCCCCCNC(=O)/C=C/c1cccnc1)N(S(=O)[O-])C1(CCF)CCCCC1. The van der Waals surface area contributed by atoms with E-state index in [-0.39, 0.29) is 11.9 Å². The number of hydrogen-bond acceptors (Lipinski definition) is 4. The highest BCUT2D eigenvalue weighted by Gasteiger charge is 2.40. The molecule has 1 heterocycles. The first-order valence-electron chi connectivity index (χ1n) is 11.8. The molecule has 2 rings (SSSR count). The molecule has 1 fully saturated rings.